The van der Waals surface area contributed by atoms with E-state index >= 15 is 0 Å². The highest BCUT2D eigenvalue weighted by molar-refractivity contribution is 6.30. The van der Waals surface area contributed by atoms with E-state index in [4.69, 9.17) is 11.6 Å². The third-order valence-electron chi connectivity index (χ3n) is 4.08. The molecule has 0 aliphatic carbocycles. The molecule has 0 amide bonds. The Morgan fingerprint density at radius 2 is 1.74 bits per heavy atom. The first kappa shape index (κ1) is 14.1. The topological polar surface area (TPSA) is 55.6 Å². The van der Waals surface area contributed by atoms with Gasteiger partial charge in [0.05, 0.1) is 12.1 Å². The van der Waals surface area contributed by atoms with Crippen molar-refractivity contribution >= 4 is 17.5 Å². The molecule has 1 aromatic heterocycles. The Morgan fingerprint density at radius 1 is 1.04 bits per heavy atom. The molecule has 0 saturated heterocycles. The maximum Gasteiger partial charge on any atom is 0.243 e. The van der Waals surface area contributed by atoms with E-state index < -0.39 is 0 Å². The fourth-order valence-electron chi connectivity index (χ4n) is 2.91. The summed E-state index contributed by atoms with van der Waals surface area (Å²) < 4.78 is 14.9. The Morgan fingerprint density at radius 3 is 2.48 bits per heavy atom. The zero-order chi connectivity index (χ0) is 15.8. The highest BCUT2D eigenvalue weighted by Gasteiger charge is 2.30. The molecule has 2 atom stereocenters. The Hall–Kier alpha value is -2.47. The molecule has 4 rings (SSSR count). The summed E-state index contributed by atoms with van der Waals surface area (Å²) >= 11 is 5.96. The molecule has 0 saturated carbocycles. The highest BCUT2D eigenvalue weighted by atomic mass is 35.5. The summed E-state index contributed by atoms with van der Waals surface area (Å²) in [5.41, 5.74) is 2.08. The predicted octanol–water partition coefficient (Wildman–Crippen LogP) is 3.61. The minimum Gasteiger partial charge on any atom is -0.346 e. The van der Waals surface area contributed by atoms with Gasteiger partial charge in [0.25, 0.3) is 0 Å². The molecule has 2 heterocycles. The summed E-state index contributed by atoms with van der Waals surface area (Å²) in [6.45, 7) is 0. The maximum atomic E-state index is 13.2. The molecule has 116 valence electrons. The molecule has 1 aliphatic rings. The Labute approximate surface area is 137 Å². The average Bonchev–Trinajstić information content (AvgIpc) is 3.04. The number of halogens is 2. The van der Waals surface area contributed by atoms with Gasteiger partial charge in [-0.15, -0.1) is 0 Å². The highest BCUT2D eigenvalue weighted by Crippen LogP contribution is 2.37. The van der Waals surface area contributed by atoms with Gasteiger partial charge >= 0.3 is 0 Å². The van der Waals surface area contributed by atoms with Gasteiger partial charge in [-0.25, -0.2) is 9.07 Å². The monoisotopic (exact) mass is 329 g/mol. The molecule has 1 N–H and O–H groups in total. The van der Waals surface area contributed by atoms with E-state index in [0.29, 0.717) is 11.0 Å². The van der Waals surface area contributed by atoms with Crippen LogP contribution in [0.4, 0.5) is 10.3 Å². The largest absolute Gasteiger partial charge is 0.346 e. The number of fused-ring (bicyclic) bond motifs is 1. The summed E-state index contributed by atoms with van der Waals surface area (Å²) in [6, 6.07) is 14.2. The number of nitrogens with zero attached hydrogens (tertiary/aromatic N) is 4. The van der Waals surface area contributed by atoms with Crippen molar-refractivity contribution in [1.29, 1.82) is 0 Å². The van der Waals surface area contributed by atoms with Crippen LogP contribution in [-0.4, -0.2) is 20.2 Å². The van der Waals surface area contributed by atoms with Crippen LogP contribution in [0.15, 0.2) is 48.5 Å². The number of aromatic nitrogens is 4. The Bertz CT molecular complexity index is 815. The quantitative estimate of drug-likeness (QED) is 0.780. The second-order valence-corrected chi connectivity index (χ2v) is 5.94. The minimum absolute atomic E-state index is 0.0532. The fraction of sp³-hybridized carbons (Fsp3) is 0.188. The summed E-state index contributed by atoms with van der Waals surface area (Å²) in [6.07, 6.45) is 0.755. The van der Waals surface area contributed by atoms with Crippen molar-refractivity contribution in [1.82, 2.24) is 20.2 Å². The van der Waals surface area contributed by atoms with Crippen LogP contribution in [0.25, 0.3) is 0 Å². The van der Waals surface area contributed by atoms with Crippen LogP contribution < -0.4 is 5.32 Å². The molecule has 3 aromatic rings. The summed E-state index contributed by atoms with van der Waals surface area (Å²) in [7, 11) is 0. The van der Waals surface area contributed by atoms with Crippen LogP contribution in [0.2, 0.25) is 5.02 Å². The summed E-state index contributed by atoms with van der Waals surface area (Å²) in [5.74, 6) is 0.347. The molecule has 23 heavy (non-hydrogen) atoms. The Balaban J connectivity index is 1.71. The number of benzene rings is 2. The number of anilines is 1. The van der Waals surface area contributed by atoms with Gasteiger partial charge in [0.15, 0.2) is 0 Å². The van der Waals surface area contributed by atoms with Crippen LogP contribution in [0.5, 0.6) is 0 Å². The molecule has 2 aromatic carbocycles. The molecule has 1 aliphatic heterocycles. The second-order valence-electron chi connectivity index (χ2n) is 5.50. The number of tetrazole rings is 1. The number of nitrogens with one attached hydrogen (secondary N) is 1. The lowest BCUT2D eigenvalue weighted by atomic mass is 9.93. The summed E-state index contributed by atoms with van der Waals surface area (Å²) in [4.78, 5) is 0. The molecule has 0 spiro atoms. The van der Waals surface area contributed by atoms with Crippen molar-refractivity contribution < 1.29 is 4.39 Å². The average molecular weight is 330 g/mol. The van der Waals surface area contributed by atoms with E-state index in [1.165, 1.54) is 12.1 Å². The SMILES string of the molecule is Fc1ccc(C2CC(c3ccc(Cl)cc3)Nc3nnnn32)cc1. The van der Waals surface area contributed by atoms with Crippen molar-refractivity contribution in [3.8, 4) is 0 Å². The third kappa shape index (κ3) is 2.66. The fourth-order valence-corrected chi connectivity index (χ4v) is 3.04. The van der Waals surface area contributed by atoms with Crippen LogP contribution in [0, 0.1) is 5.82 Å². The van der Waals surface area contributed by atoms with Crippen molar-refractivity contribution in [2.24, 2.45) is 0 Å². The van der Waals surface area contributed by atoms with Gasteiger partial charge in [-0.3, -0.25) is 0 Å². The van der Waals surface area contributed by atoms with Gasteiger partial charge in [0.1, 0.15) is 5.82 Å². The van der Waals surface area contributed by atoms with Gasteiger partial charge < -0.3 is 5.32 Å². The normalized spacial score (nSPS) is 19.9. The molecule has 2 unspecified atom stereocenters. The third-order valence-corrected chi connectivity index (χ3v) is 4.33. The number of rotatable bonds is 2. The second kappa shape index (κ2) is 5.62. The molecular formula is C16H13ClFN5. The first-order valence-corrected chi connectivity index (χ1v) is 7.64. The molecule has 0 radical (unpaired) electrons. The molecule has 5 nitrogen and oxygen atoms in total. The lowest BCUT2D eigenvalue weighted by Crippen LogP contribution is -2.28. The molecular weight excluding hydrogens is 317 g/mol. The summed E-state index contributed by atoms with van der Waals surface area (Å²) in [5, 5.41) is 15.9. The van der Waals surface area contributed by atoms with E-state index in [1.807, 2.05) is 24.3 Å². The maximum absolute atomic E-state index is 13.2. The van der Waals surface area contributed by atoms with Gasteiger partial charge in [0.2, 0.25) is 5.95 Å². The van der Waals surface area contributed by atoms with Crippen LogP contribution in [0.1, 0.15) is 29.6 Å². The van der Waals surface area contributed by atoms with Gasteiger partial charge in [-0.1, -0.05) is 41.0 Å². The van der Waals surface area contributed by atoms with E-state index in [0.717, 1.165) is 17.5 Å². The van der Waals surface area contributed by atoms with Crippen LogP contribution >= 0.6 is 11.6 Å². The first-order valence-electron chi connectivity index (χ1n) is 7.26. The molecule has 0 bridgehead atoms. The van der Waals surface area contributed by atoms with Gasteiger partial charge in [0, 0.05) is 5.02 Å². The number of hydrogen-bond acceptors (Lipinski definition) is 4. The van der Waals surface area contributed by atoms with E-state index in [9.17, 15) is 4.39 Å². The van der Waals surface area contributed by atoms with Crippen molar-refractivity contribution in [3.05, 3.63) is 70.5 Å². The van der Waals surface area contributed by atoms with E-state index in [-0.39, 0.29) is 17.9 Å². The van der Waals surface area contributed by atoms with E-state index in [1.54, 1.807) is 16.8 Å². The minimum atomic E-state index is -0.256. The first-order chi connectivity index (χ1) is 11.2. The Kier molecular flexibility index (Phi) is 3.46. The standard InChI is InChI=1S/C16H13ClFN5/c17-12-5-1-10(2-6-12)14-9-15(11-3-7-13(18)8-4-11)23-16(19-14)20-21-22-23/h1-8,14-15H,9H2,(H,19,20,22). The smallest absolute Gasteiger partial charge is 0.243 e. The van der Waals surface area contributed by atoms with Crippen molar-refractivity contribution in [3.63, 3.8) is 0 Å². The van der Waals surface area contributed by atoms with Crippen LogP contribution in [0.3, 0.4) is 0 Å². The molecule has 7 heteroatoms. The zero-order valence-corrected chi connectivity index (χ0v) is 12.8. The van der Waals surface area contributed by atoms with Gasteiger partial charge in [-0.05, 0) is 52.2 Å². The van der Waals surface area contributed by atoms with Crippen molar-refractivity contribution in [2.45, 2.75) is 18.5 Å². The predicted molar refractivity (Wildman–Crippen MR) is 84.8 cm³/mol. The zero-order valence-electron chi connectivity index (χ0n) is 12.0. The molecule has 0 fully saturated rings. The lowest BCUT2D eigenvalue weighted by molar-refractivity contribution is 0.423. The van der Waals surface area contributed by atoms with E-state index in [2.05, 4.69) is 20.8 Å². The lowest BCUT2D eigenvalue weighted by Gasteiger charge is -2.31. The van der Waals surface area contributed by atoms with Crippen molar-refractivity contribution in [2.75, 3.05) is 5.32 Å². The van der Waals surface area contributed by atoms with Gasteiger partial charge in [-0.2, -0.15) is 0 Å². The number of hydrogen-bond donors (Lipinski definition) is 1. The van der Waals surface area contributed by atoms with Crippen LogP contribution in [-0.2, 0) is 0 Å².